The number of aryl methyl sites for hydroxylation is 2. The Morgan fingerprint density at radius 2 is 1.76 bits per heavy atom. The molecule has 0 aliphatic rings. The Hall–Kier alpha value is -2.47. The largest absolute Gasteiger partial charge is 0.332 e. The van der Waals surface area contributed by atoms with Crippen molar-refractivity contribution in [2.75, 3.05) is 10.6 Å². The van der Waals surface area contributed by atoms with Crippen LogP contribution in [0.5, 0.6) is 0 Å². The Balaban J connectivity index is 2.14. The van der Waals surface area contributed by atoms with Gasteiger partial charge in [0, 0.05) is 11.8 Å². The molecule has 0 atom stereocenters. The highest BCUT2D eigenvalue weighted by Crippen LogP contribution is 2.23. The van der Waals surface area contributed by atoms with Crippen LogP contribution in [0.1, 0.15) is 11.1 Å². The van der Waals surface area contributed by atoms with E-state index in [9.17, 15) is 10.1 Å². The average Bonchev–Trinajstić information content (AvgIpc) is 2.42. The first-order valence-electron chi connectivity index (χ1n) is 6.36. The molecule has 0 heterocycles. The zero-order valence-electron chi connectivity index (χ0n) is 11.7. The fourth-order valence-corrected chi connectivity index (χ4v) is 2.19. The van der Waals surface area contributed by atoms with Crippen molar-refractivity contribution >= 4 is 34.4 Å². The number of hydrogen-bond acceptors (Lipinski definition) is 3. The number of nitrogens with zero attached hydrogens (tertiary/aromatic N) is 1. The van der Waals surface area contributed by atoms with Gasteiger partial charge in [-0.2, -0.15) is 0 Å². The molecule has 0 aliphatic carbocycles. The third-order valence-corrected chi connectivity index (χ3v) is 3.18. The van der Waals surface area contributed by atoms with E-state index >= 15 is 0 Å². The number of benzene rings is 2. The third kappa shape index (κ3) is 3.76. The molecule has 0 aliphatic heterocycles. The van der Waals surface area contributed by atoms with Gasteiger partial charge in [0.1, 0.15) is 5.69 Å². The highest BCUT2D eigenvalue weighted by Gasteiger charge is 2.13. The molecule has 0 saturated carbocycles. The smallest absolute Gasteiger partial charge is 0.292 e. The van der Waals surface area contributed by atoms with Crippen LogP contribution in [-0.4, -0.2) is 10.0 Å². The van der Waals surface area contributed by atoms with Gasteiger partial charge in [-0.1, -0.05) is 29.8 Å². The summed E-state index contributed by atoms with van der Waals surface area (Å²) in [7, 11) is 0. The van der Waals surface area contributed by atoms with Gasteiger partial charge in [-0.05, 0) is 43.8 Å². The van der Waals surface area contributed by atoms with Gasteiger partial charge in [-0.15, -0.1) is 0 Å². The Bertz CT molecular complexity index is 701. The summed E-state index contributed by atoms with van der Waals surface area (Å²) in [5.41, 5.74) is 3.45. The lowest BCUT2D eigenvalue weighted by Crippen LogP contribution is -2.20. The molecule has 0 bridgehead atoms. The minimum absolute atomic E-state index is 0.0118. The summed E-state index contributed by atoms with van der Waals surface area (Å²) in [6.07, 6.45) is 0. The lowest BCUT2D eigenvalue weighted by atomic mass is 10.1. The van der Waals surface area contributed by atoms with Crippen LogP contribution < -0.4 is 10.6 Å². The molecule has 2 aromatic rings. The van der Waals surface area contributed by atoms with Crippen LogP contribution in [0.4, 0.5) is 17.1 Å². The van der Waals surface area contributed by atoms with Crippen molar-refractivity contribution in [3.63, 3.8) is 0 Å². The summed E-state index contributed by atoms with van der Waals surface area (Å²) in [6.45, 7) is 3.99. The molecule has 2 N–H and O–H groups in total. The van der Waals surface area contributed by atoms with Crippen molar-refractivity contribution in [2.24, 2.45) is 0 Å². The summed E-state index contributed by atoms with van der Waals surface area (Å²) < 4.78 is 0. The van der Waals surface area contributed by atoms with Crippen LogP contribution in [-0.2, 0) is 0 Å². The Morgan fingerprint density at radius 1 is 1.10 bits per heavy atom. The van der Waals surface area contributed by atoms with Crippen molar-refractivity contribution in [3.05, 3.63) is 63.7 Å². The van der Waals surface area contributed by atoms with Crippen LogP contribution in [0.25, 0.3) is 0 Å². The SMILES string of the molecule is Cc1ccc(NC(=S)Nc2ccccc2[N+](=O)[O-])c(C)c1. The van der Waals surface area contributed by atoms with Gasteiger partial charge >= 0.3 is 0 Å². The van der Waals surface area contributed by atoms with Gasteiger partial charge in [0.05, 0.1) is 4.92 Å². The highest BCUT2D eigenvalue weighted by molar-refractivity contribution is 7.80. The second-order valence-electron chi connectivity index (χ2n) is 4.67. The second-order valence-corrected chi connectivity index (χ2v) is 5.08. The monoisotopic (exact) mass is 301 g/mol. The maximum Gasteiger partial charge on any atom is 0.292 e. The molecular formula is C15H15N3O2S. The fraction of sp³-hybridized carbons (Fsp3) is 0.133. The second kappa shape index (κ2) is 6.32. The van der Waals surface area contributed by atoms with E-state index in [0.717, 1.165) is 16.8 Å². The first-order valence-corrected chi connectivity index (χ1v) is 6.77. The predicted octanol–water partition coefficient (Wildman–Crippen LogP) is 4.02. The van der Waals surface area contributed by atoms with Crippen molar-refractivity contribution < 1.29 is 4.92 Å². The Morgan fingerprint density at radius 3 is 2.43 bits per heavy atom. The number of nitrogens with one attached hydrogen (secondary N) is 2. The molecule has 6 heteroatoms. The number of para-hydroxylation sites is 2. The van der Waals surface area contributed by atoms with E-state index < -0.39 is 4.92 Å². The summed E-state index contributed by atoms with van der Waals surface area (Å²) in [4.78, 5) is 10.5. The summed E-state index contributed by atoms with van der Waals surface area (Å²) in [5.74, 6) is 0. The first kappa shape index (κ1) is 14.9. The highest BCUT2D eigenvalue weighted by atomic mass is 32.1. The molecule has 5 nitrogen and oxygen atoms in total. The Labute approximate surface area is 128 Å². The van der Waals surface area contributed by atoms with Crippen LogP contribution in [0.3, 0.4) is 0 Å². The standard InChI is InChI=1S/C15H15N3O2S/c1-10-7-8-12(11(2)9-10)16-15(21)17-13-5-3-4-6-14(13)18(19)20/h3-9H,1-2H3,(H2,16,17,21). The maximum atomic E-state index is 11.0. The molecule has 108 valence electrons. The lowest BCUT2D eigenvalue weighted by Gasteiger charge is -2.13. The van der Waals surface area contributed by atoms with E-state index in [0.29, 0.717) is 10.8 Å². The molecule has 0 saturated heterocycles. The molecule has 0 aromatic heterocycles. The quantitative estimate of drug-likeness (QED) is 0.509. The van der Waals surface area contributed by atoms with Gasteiger partial charge in [0.25, 0.3) is 5.69 Å². The van der Waals surface area contributed by atoms with E-state index in [2.05, 4.69) is 10.6 Å². The summed E-state index contributed by atoms with van der Waals surface area (Å²) in [6, 6.07) is 12.3. The number of nitro benzene ring substituents is 1. The van der Waals surface area contributed by atoms with Gasteiger partial charge < -0.3 is 10.6 Å². The molecule has 0 spiro atoms. The van der Waals surface area contributed by atoms with Gasteiger partial charge in [0.15, 0.2) is 5.11 Å². The molecule has 21 heavy (non-hydrogen) atoms. The molecule has 0 fully saturated rings. The van der Waals surface area contributed by atoms with Crippen LogP contribution in [0, 0.1) is 24.0 Å². The Kier molecular flexibility index (Phi) is 4.49. The molecule has 0 unspecified atom stereocenters. The number of anilines is 2. The average molecular weight is 301 g/mol. The number of rotatable bonds is 3. The number of nitro groups is 1. The molecular weight excluding hydrogens is 286 g/mol. The van der Waals surface area contributed by atoms with E-state index in [1.54, 1.807) is 18.2 Å². The summed E-state index contributed by atoms with van der Waals surface area (Å²) >= 11 is 5.21. The van der Waals surface area contributed by atoms with Gasteiger partial charge in [-0.25, -0.2) is 0 Å². The van der Waals surface area contributed by atoms with Gasteiger partial charge in [0.2, 0.25) is 0 Å². The van der Waals surface area contributed by atoms with Crippen molar-refractivity contribution in [1.82, 2.24) is 0 Å². The number of hydrogen-bond donors (Lipinski definition) is 2. The number of thiocarbonyl (C=S) groups is 1. The van der Waals surface area contributed by atoms with Crippen molar-refractivity contribution in [3.8, 4) is 0 Å². The zero-order chi connectivity index (χ0) is 15.4. The molecule has 0 radical (unpaired) electrons. The minimum atomic E-state index is -0.442. The van der Waals surface area contributed by atoms with Crippen LogP contribution in [0.15, 0.2) is 42.5 Å². The normalized spacial score (nSPS) is 10.0. The molecule has 2 aromatic carbocycles. The third-order valence-electron chi connectivity index (χ3n) is 2.98. The van der Waals surface area contributed by atoms with Crippen molar-refractivity contribution in [2.45, 2.75) is 13.8 Å². The first-order chi connectivity index (χ1) is 9.97. The van der Waals surface area contributed by atoms with Gasteiger partial charge in [-0.3, -0.25) is 10.1 Å². The predicted molar refractivity (Wildman–Crippen MR) is 88.9 cm³/mol. The lowest BCUT2D eigenvalue weighted by molar-refractivity contribution is -0.383. The minimum Gasteiger partial charge on any atom is -0.332 e. The van der Waals surface area contributed by atoms with E-state index in [1.165, 1.54) is 6.07 Å². The van der Waals surface area contributed by atoms with E-state index in [4.69, 9.17) is 12.2 Å². The van der Waals surface area contributed by atoms with E-state index in [-0.39, 0.29) is 5.69 Å². The van der Waals surface area contributed by atoms with E-state index in [1.807, 2.05) is 32.0 Å². The van der Waals surface area contributed by atoms with Crippen LogP contribution in [0.2, 0.25) is 0 Å². The van der Waals surface area contributed by atoms with Crippen molar-refractivity contribution in [1.29, 1.82) is 0 Å². The topological polar surface area (TPSA) is 67.2 Å². The molecule has 0 amide bonds. The maximum absolute atomic E-state index is 11.0. The summed E-state index contributed by atoms with van der Waals surface area (Å²) in [5, 5.41) is 17.2. The zero-order valence-corrected chi connectivity index (χ0v) is 12.5. The molecule has 2 rings (SSSR count). The fourth-order valence-electron chi connectivity index (χ4n) is 1.97. The van der Waals surface area contributed by atoms with Crippen LogP contribution >= 0.6 is 12.2 Å².